The summed E-state index contributed by atoms with van der Waals surface area (Å²) >= 11 is 1.10. The number of ether oxygens (including phenoxy) is 3. The quantitative estimate of drug-likeness (QED) is 0.764. The van der Waals surface area contributed by atoms with Crippen LogP contribution in [-0.2, 0) is 9.53 Å². The van der Waals surface area contributed by atoms with Crippen molar-refractivity contribution in [1.82, 2.24) is 4.37 Å². The van der Waals surface area contributed by atoms with Crippen LogP contribution >= 0.6 is 11.5 Å². The number of hydrogen-bond acceptors (Lipinski definition) is 8. The van der Waals surface area contributed by atoms with Gasteiger partial charge >= 0.3 is 12.3 Å². The largest absolute Gasteiger partial charge is 0.586 e. The van der Waals surface area contributed by atoms with Gasteiger partial charge in [0.05, 0.1) is 5.69 Å². The Morgan fingerprint density at radius 2 is 2.04 bits per heavy atom. The summed E-state index contributed by atoms with van der Waals surface area (Å²) in [5.41, 5.74) is 0.937. The van der Waals surface area contributed by atoms with E-state index in [2.05, 4.69) is 24.5 Å². The molecule has 0 fully saturated rings. The van der Waals surface area contributed by atoms with Gasteiger partial charge in [-0.2, -0.15) is 4.37 Å². The van der Waals surface area contributed by atoms with E-state index in [1.54, 1.807) is 14.0 Å². The highest BCUT2D eigenvalue weighted by molar-refractivity contribution is 7.10. The number of aromatic nitrogens is 1. The van der Waals surface area contributed by atoms with E-state index in [0.29, 0.717) is 10.7 Å². The number of anilines is 2. The number of benzene rings is 1. The minimum Gasteiger partial charge on any atom is -0.452 e. The van der Waals surface area contributed by atoms with E-state index in [1.165, 1.54) is 18.2 Å². The molecule has 138 valence electrons. The summed E-state index contributed by atoms with van der Waals surface area (Å²) in [5.74, 6) is -1.68. The van der Waals surface area contributed by atoms with Gasteiger partial charge in [-0.25, -0.2) is 4.79 Å². The molecule has 1 aromatic carbocycles. The van der Waals surface area contributed by atoms with Crippen LogP contribution in [0.15, 0.2) is 18.2 Å². The molecule has 3 rings (SSSR count). The van der Waals surface area contributed by atoms with Crippen LogP contribution in [0.4, 0.5) is 19.5 Å². The van der Waals surface area contributed by atoms with E-state index >= 15 is 0 Å². The Morgan fingerprint density at radius 1 is 1.31 bits per heavy atom. The van der Waals surface area contributed by atoms with Crippen molar-refractivity contribution in [1.29, 1.82) is 0 Å². The Hall–Kier alpha value is -2.95. The van der Waals surface area contributed by atoms with Gasteiger partial charge in [0.15, 0.2) is 18.1 Å². The fourth-order valence-electron chi connectivity index (χ4n) is 2.21. The summed E-state index contributed by atoms with van der Waals surface area (Å²) < 4.78 is 43.5. The topological polar surface area (TPSA) is 98.8 Å². The van der Waals surface area contributed by atoms with Crippen molar-refractivity contribution < 1.29 is 32.6 Å². The molecule has 0 saturated heterocycles. The van der Waals surface area contributed by atoms with Crippen molar-refractivity contribution in [2.45, 2.75) is 13.2 Å². The Labute approximate surface area is 150 Å². The zero-order valence-corrected chi connectivity index (χ0v) is 14.4. The molecule has 1 amide bonds. The van der Waals surface area contributed by atoms with Gasteiger partial charge in [-0.3, -0.25) is 4.79 Å². The SMILES string of the molecule is CNc1snc(C)c1C(=O)OCC(=O)Nc1ccc2c(c1)OC(F)(F)O2. The minimum atomic E-state index is -3.74. The first kappa shape index (κ1) is 17.9. The maximum absolute atomic E-state index is 13.0. The molecule has 26 heavy (non-hydrogen) atoms. The van der Waals surface area contributed by atoms with Gasteiger partial charge in [0.2, 0.25) is 0 Å². The number of nitrogens with one attached hydrogen (secondary N) is 2. The number of rotatable bonds is 5. The van der Waals surface area contributed by atoms with Crippen LogP contribution in [0, 0.1) is 6.92 Å². The van der Waals surface area contributed by atoms with Crippen LogP contribution in [-0.4, -0.2) is 36.2 Å². The molecular weight excluding hydrogens is 372 g/mol. The normalized spacial score (nSPS) is 14.0. The third kappa shape index (κ3) is 3.67. The fraction of sp³-hybridized carbons (Fsp3) is 0.267. The number of halogens is 2. The third-order valence-corrected chi connectivity index (χ3v) is 4.27. The molecule has 0 aliphatic carbocycles. The highest BCUT2D eigenvalue weighted by Crippen LogP contribution is 2.42. The molecule has 1 aromatic heterocycles. The van der Waals surface area contributed by atoms with E-state index in [9.17, 15) is 18.4 Å². The van der Waals surface area contributed by atoms with Crippen molar-refractivity contribution in [3.05, 3.63) is 29.5 Å². The standard InChI is InChI=1S/C15H13F2N3O5S/c1-7-12(13(18-2)26-20-7)14(22)23-6-11(21)19-8-3-4-9-10(5-8)25-15(16,17)24-9/h3-5,18H,6H2,1-2H3,(H,19,21). The Bertz CT molecular complexity index is 871. The molecular formula is C15H13F2N3O5S. The smallest absolute Gasteiger partial charge is 0.452 e. The molecule has 8 nitrogen and oxygen atoms in total. The zero-order chi connectivity index (χ0) is 18.9. The second-order valence-corrected chi connectivity index (χ2v) is 5.95. The average molecular weight is 385 g/mol. The van der Waals surface area contributed by atoms with Gasteiger partial charge in [-0.15, -0.1) is 8.78 Å². The predicted octanol–water partition coefficient (Wildman–Crippen LogP) is 2.61. The van der Waals surface area contributed by atoms with E-state index in [1.807, 2.05) is 0 Å². The lowest BCUT2D eigenvalue weighted by Crippen LogP contribution is -2.25. The molecule has 0 atom stereocenters. The van der Waals surface area contributed by atoms with Crippen molar-refractivity contribution in [2.24, 2.45) is 0 Å². The van der Waals surface area contributed by atoms with Crippen molar-refractivity contribution in [2.75, 3.05) is 24.3 Å². The van der Waals surface area contributed by atoms with Gasteiger partial charge in [-0.05, 0) is 30.6 Å². The van der Waals surface area contributed by atoms with E-state index < -0.39 is 24.8 Å². The Balaban J connectivity index is 1.58. The number of carbonyl (C=O) groups is 2. The summed E-state index contributed by atoms with van der Waals surface area (Å²) in [4.78, 5) is 24.0. The van der Waals surface area contributed by atoms with Gasteiger partial charge in [0.1, 0.15) is 10.6 Å². The molecule has 2 heterocycles. The molecule has 0 radical (unpaired) electrons. The fourth-order valence-corrected chi connectivity index (χ4v) is 2.94. The van der Waals surface area contributed by atoms with E-state index in [4.69, 9.17) is 4.74 Å². The predicted molar refractivity (Wildman–Crippen MR) is 88.0 cm³/mol. The second-order valence-electron chi connectivity index (χ2n) is 5.18. The molecule has 0 unspecified atom stereocenters. The maximum atomic E-state index is 13.0. The average Bonchev–Trinajstić information content (AvgIpc) is 3.09. The van der Waals surface area contributed by atoms with Crippen molar-refractivity contribution in [3.63, 3.8) is 0 Å². The molecule has 2 N–H and O–H groups in total. The molecule has 11 heteroatoms. The lowest BCUT2D eigenvalue weighted by Gasteiger charge is -2.08. The highest BCUT2D eigenvalue weighted by Gasteiger charge is 2.43. The van der Waals surface area contributed by atoms with Crippen LogP contribution in [0.1, 0.15) is 16.1 Å². The molecule has 1 aliphatic rings. The van der Waals surface area contributed by atoms with Gasteiger partial charge in [0, 0.05) is 18.8 Å². The first-order valence-electron chi connectivity index (χ1n) is 7.30. The summed E-state index contributed by atoms with van der Waals surface area (Å²) in [5, 5.41) is 5.77. The maximum Gasteiger partial charge on any atom is 0.586 e. The van der Waals surface area contributed by atoms with E-state index in [0.717, 1.165) is 11.5 Å². The number of fused-ring (bicyclic) bond motifs is 1. The van der Waals surface area contributed by atoms with Crippen molar-refractivity contribution >= 4 is 34.1 Å². The first-order chi connectivity index (χ1) is 12.3. The minimum absolute atomic E-state index is 0.139. The first-order valence-corrected chi connectivity index (χ1v) is 8.07. The van der Waals surface area contributed by atoms with Crippen LogP contribution < -0.4 is 20.1 Å². The van der Waals surface area contributed by atoms with Crippen molar-refractivity contribution in [3.8, 4) is 11.5 Å². The number of amides is 1. The molecule has 0 saturated carbocycles. The lowest BCUT2D eigenvalue weighted by atomic mass is 10.2. The Morgan fingerprint density at radius 3 is 2.77 bits per heavy atom. The molecule has 1 aliphatic heterocycles. The van der Waals surface area contributed by atoms with Gasteiger partial charge < -0.3 is 24.8 Å². The summed E-state index contributed by atoms with van der Waals surface area (Å²) in [7, 11) is 1.64. The Kier molecular flexibility index (Phi) is 4.64. The number of aryl methyl sites for hydroxylation is 1. The van der Waals surface area contributed by atoms with E-state index in [-0.39, 0.29) is 22.7 Å². The summed E-state index contributed by atoms with van der Waals surface area (Å²) in [6, 6.07) is 3.77. The third-order valence-electron chi connectivity index (χ3n) is 3.31. The summed E-state index contributed by atoms with van der Waals surface area (Å²) in [6.45, 7) is 1.10. The van der Waals surface area contributed by atoms with Crippen LogP contribution in [0.2, 0.25) is 0 Å². The number of nitrogens with zero attached hydrogens (tertiary/aromatic N) is 1. The number of carbonyl (C=O) groups excluding carboxylic acids is 2. The zero-order valence-electron chi connectivity index (χ0n) is 13.6. The number of esters is 1. The molecule has 0 bridgehead atoms. The van der Waals surface area contributed by atoms with Crippen LogP contribution in [0.5, 0.6) is 11.5 Å². The number of alkyl halides is 2. The highest BCUT2D eigenvalue weighted by atomic mass is 32.1. The lowest BCUT2D eigenvalue weighted by molar-refractivity contribution is -0.286. The van der Waals surface area contributed by atoms with Crippen LogP contribution in [0.25, 0.3) is 0 Å². The number of hydrogen-bond donors (Lipinski definition) is 2. The summed E-state index contributed by atoms with van der Waals surface area (Å²) in [6.07, 6.45) is -3.74. The molecule has 2 aromatic rings. The van der Waals surface area contributed by atoms with Gasteiger partial charge in [-0.1, -0.05) is 0 Å². The second kappa shape index (κ2) is 6.75. The monoisotopic (exact) mass is 385 g/mol. The van der Waals surface area contributed by atoms with Gasteiger partial charge in [0.25, 0.3) is 5.91 Å². The van der Waals surface area contributed by atoms with Crippen LogP contribution in [0.3, 0.4) is 0 Å². The molecule has 0 spiro atoms.